The van der Waals surface area contributed by atoms with Crippen molar-refractivity contribution < 1.29 is 14.3 Å². The molecule has 0 spiro atoms. The van der Waals surface area contributed by atoms with Gasteiger partial charge in [-0.1, -0.05) is 13.8 Å². The van der Waals surface area contributed by atoms with Crippen LogP contribution in [0.3, 0.4) is 0 Å². The van der Waals surface area contributed by atoms with E-state index in [0.717, 1.165) is 31.2 Å². The summed E-state index contributed by atoms with van der Waals surface area (Å²) < 4.78 is 5.33. The fourth-order valence-electron chi connectivity index (χ4n) is 2.74. The van der Waals surface area contributed by atoms with Crippen LogP contribution in [-0.4, -0.2) is 24.4 Å². The third kappa shape index (κ3) is 4.70. The minimum atomic E-state index is -0.313. The number of ether oxygens (including phenoxy) is 1. The Labute approximate surface area is 146 Å². The number of rotatable bonds is 7. The van der Waals surface area contributed by atoms with Gasteiger partial charge in [-0.05, 0) is 43.6 Å². The lowest BCUT2D eigenvalue weighted by Gasteiger charge is -2.18. The molecule has 1 aliphatic rings. The maximum Gasteiger partial charge on any atom is 0.341 e. The zero-order chi connectivity index (χ0) is 16.8. The minimum absolute atomic E-state index is 0.0955. The lowest BCUT2D eigenvalue weighted by atomic mass is 9.88. The zero-order valence-corrected chi connectivity index (χ0v) is 15.3. The van der Waals surface area contributed by atoms with E-state index < -0.39 is 0 Å². The standard InChI is InChI=1S/C17H24ClNO3S/c1-3-9-22-17(21)15-12-7-6-11(2)10-13(12)23-16(15)19-14(20)5-4-8-18/h11H,3-10H2,1-2H3,(H,19,20). The summed E-state index contributed by atoms with van der Waals surface area (Å²) in [6.07, 6.45) is 4.69. The first-order chi connectivity index (χ1) is 11.1. The van der Waals surface area contributed by atoms with Crippen LogP contribution >= 0.6 is 22.9 Å². The topological polar surface area (TPSA) is 55.4 Å². The first kappa shape index (κ1) is 18.3. The number of esters is 1. The smallest absolute Gasteiger partial charge is 0.341 e. The maximum absolute atomic E-state index is 12.4. The Morgan fingerprint density at radius 1 is 1.43 bits per heavy atom. The number of carbonyl (C=O) groups excluding carboxylic acids is 2. The van der Waals surface area contributed by atoms with Crippen molar-refractivity contribution in [3.8, 4) is 0 Å². The summed E-state index contributed by atoms with van der Waals surface area (Å²) in [4.78, 5) is 25.7. The molecule has 0 radical (unpaired) electrons. The van der Waals surface area contributed by atoms with Crippen LogP contribution in [0.2, 0.25) is 0 Å². The van der Waals surface area contributed by atoms with Gasteiger partial charge >= 0.3 is 5.97 Å². The van der Waals surface area contributed by atoms with Crippen LogP contribution in [0.1, 0.15) is 60.3 Å². The highest BCUT2D eigenvalue weighted by Gasteiger charge is 2.29. The molecule has 6 heteroatoms. The van der Waals surface area contributed by atoms with Crippen LogP contribution in [0, 0.1) is 5.92 Å². The van der Waals surface area contributed by atoms with Gasteiger partial charge in [0.15, 0.2) is 0 Å². The molecule has 23 heavy (non-hydrogen) atoms. The van der Waals surface area contributed by atoms with Gasteiger partial charge in [0.1, 0.15) is 5.00 Å². The lowest BCUT2D eigenvalue weighted by molar-refractivity contribution is -0.116. The van der Waals surface area contributed by atoms with Crippen molar-refractivity contribution in [3.05, 3.63) is 16.0 Å². The van der Waals surface area contributed by atoms with Crippen LogP contribution in [-0.2, 0) is 22.4 Å². The third-order valence-corrected chi connectivity index (χ3v) is 5.38. The van der Waals surface area contributed by atoms with Crippen molar-refractivity contribution in [1.29, 1.82) is 0 Å². The number of hydrogen-bond donors (Lipinski definition) is 1. The molecular formula is C17H24ClNO3S. The Morgan fingerprint density at radius 3 is 2.91 bits per heavy atom. The summed E-state index contributed by atoms with van der Waals surface area (Å²) in [6, 6.07) is 0. The zero-order valence-electron chi connectivity index (χ0n) is 13.7. The number of amides is 1. The number of thiophene rings is 1. The molecule has 0 aromatic carbocycles. The Morgan fingerprint density at radius 2 is 2.22 bits per heavy atom. The van der Waals surface area contributed by atoms with Gasteiger partial charge in [0.25, 0.3) is 0 Å². The van der Waals surface area contributed by atoms with Crippen LogP contribution in [0.5, 0.6) is 0 Å². The second-order valence-corrected chi connectivity index (χ2v) is 7.52. The molecule has 1 unspecified atom stereocenters. The van der Waals surface area contributed by atoms with Gasteiger partial charge in [-0.15, -0.1) is 22.9 Å². The largest absolute Gasteiger partial charge is 0.462 e. The number of alkyl halides is 1. The summed E-state index contributed by atoms with van der Waals surface area (Å²) in [5.41, 5.74) is 1.64. The van der Waals surface area contributed by atoms with Gasteiger partial charge in [0.05, 0.1) is 12.2 Å². The van der Waals surface area contributed by atoms with E-state index in [4.69, 9.17) is 16.3 Å². The molecule has 0 saturated carbocycles. The normalized spacial score (nSPS) is 16.7. The highest BCUT2D eigenvalue weighted by atomic mass is 35.5. The molecule has 2 rings (SSSR count). The number of hydrogen-bond acceptors (Lipinski definition) is 4. The van der Waals surface area contributed by atoms with Gasteiger partial charge in [-0.25, -0.2) is 4.79 Å². The van der Waals surface area contributed by atoms with Gasteiger partial charge < -0.3 is 10.1 Å². The summed E-state index contributed by atoms with van der Waals surface area (Å²) in [5.74, 6) is 0.658. The van der Waals surface area contributed by atoms with Gasteiger partial charge in [0.2, 0.25) is 5.91 Å². The second-order valence-electron chi connectivity index (χ2n) is 6.03. The fourth-order valence-corrected chi connectivity index (χ4v) is 4.29. The number of fused-ring (bicyclic) bond motifs is 1. The molecule has 0 aliphatic heterocycles. The summed E-state index contributed by atoms with van der Waals surface area (Å²) in [5, 5.41) is 3.54. The Balaban J connectivity index is 2.25. The number of carbonyl (C=O) groups is 2. The van der Waals surface area contributed by atoms with Gasteiger partial charge in [-0.2, -0.15) is 0 Å². The van der Waals surface area contributed by atoms with Crippen LogP contribution in [0.4, 0.5) is 5.00 Å². The van der Waals surface area contributed by atoms with Crippen molar-refractivity contribution in [2.75, 3.05) is 17.8 Å². The van der Waals surface area contributed by atoms with Crippen molar-refractivity contribution in [2.45, 2.75) is 52.4 Å². The van der Waals surface area contributed by atoms with E-state index in [-0.39, 0.29) is 11.9 Å². The molecule has 1 aliphatic carbocycles. The van der Waals surface area contributed by atoms with Crippen molar-refractivity contribution in [2.24, 2.45) is 5.92 Å². The second kappa shape index (κ2) is 8.69. The predicted octanol–water partition coefficient (Wildman–Crippen LogP) is 4.40. The molecule has 0 fully saturated rings. The molecule has 1 N–H and O–H groups in total. The van der Waals surface area contributed by atoms with Crippen LogP contribution in [0.15, 0.2) is 0 Å². The molecule has 128 valence electrons. The van der Waals surface area contributed by atoms with Gasteiger partial charge in [-0.3, -0.25) is 4.79 Å². The first-order valence-electron chi connectivity index (χ1n) is 8.24. The molecular weight excluding hydrogens is 334 g/mol. The number of nitrogens with one attached hydrogen (secondary N) is 1. The first-order valence-corrected chi connectivity index (χ1v) is 9.59. The molecule has 1 atom stereocenters. The van der Waals surface area contributed by atoms with E-state index in [1.807, 2.05) is 6.92 Å². The SMILES string of the molecule is CCCOC(=O)c1c(NC(=O)CCCCl)sc2c1CCC(C)C2. The summed E-state index contributed by atoms with van der Waals surface area (Å²) >= 11 is 7.16. The predicted molar refractivity (Wildman–Crippen MR) is 94.7 cm³/mol. The Kier molecular flexibility index (Phi) is 6.90. The van der Waals surface area contributed by atoms with E-state index in [1.54, 1.807) is 0 Å². The number of halogens is 1. The minimum Gasteiger partial charge on any atom is -0.462 e. The molecule has 1 aromatic heterocycles. The van der Waals surface area contributed by atoms with Crippen molar-refractivity contribution >= 4 is 39.8 Å². The molecule has 1 heterocycles. The molecule has 1 aromatic rings. The maximum atomic E-state index is 12.4. The van der Waals surface area contributed by atoms with E-state index in [9.17, 15) is 9.59 Å². The lowest BCUT2D eigenvalue weighted by Crippen LogP contribution is -2.16. The van der Waals surface area contributed by atoms with E-state index in [0.29, 0.717) is 41.8 Å². The number of anilines is 1. The van der Waals surface area contributed by atoms with E-state index >= 15 is 0 Å². The molecule has 0 saturated heterocycles. The summed E-state index contributed by atoms with van der Waals surface area (Å²) in [7, 11) is 0. The molecule has 4 nitrogen and oxygen atoms in total. The van der Waals surface area contributed by atoms with Crippen molar-refractivity contribution in [3.63, 3.8) is 0 Å². The monoisotopic (exact) mass is 357 g/mol. The Hall–Kier alpha value is -1.07. The van der Waals surface area contributed by atoms with E-state index in [2.05, 4.69) is 12.2 Å². The third-order valence-electron chi connectivity index (χ3n) is 3.94. The van der Waals surface area contributed by atoms with E-state index in [1.165, 1.54) is 16.2 Å². The highest BCUT2D eigenvalue weighted by Crippen LogP contribution is 2.40. The van der Waals surface area contributed by atoms with Crippen LogP contribution in [0.25, 0.3) is 0 Å². The fraction of sp³-hybridized carbons (Fsp3) is 0.647. The van der Waals surface area contributed by atoms with Crippen LogP contribution < -0.4 is 5.32 Å². The van der Waals surface area contributed by atoms with Crippen molar-refractivity contribution in [1.82, 2.24) is 0 Å². The average molecular weight is 358 g/mol. The summed E-state index contributed by atoms with van der Waals surface area (Å²) in [6.45, 7) is 4.59. The highest BCUT2D eigenvalue weighted by molar-refractivity contribution is 7.17. The quantitative estimate of drug-likeness (QED) is 0.581. The molecule has 0 bridgehead atoms. The average Bonchev–Trinajstić information content (AvgIpc) is 2.87. The Bertz CT molecular complexity index is 570. The molecule has 1 amide bonds. The van der Waals surface area contributed by atoms with Gasteiger partial charge in [0, 0.05) is 17.2 Å².